The lowest BCUT2D eigenvalue weighted by Crippen LogP contribution is -2.55. The van der Waals surface area contributed by atoms with Gasteiger partial charge in [0.15, 0.2) is 11.6 Å². The summed E-state index contributed by atoms with van der Waals surface area (Å²) in [5, 5.41) is 9.12. The van der Waals surface area contributed by atoms with Gasteiger partial charge >= 0.3 is 11.4 Å². The molecule has 1 saturated carbocycles. The van der Waals surface area contributed by atoms with Gasteiger partial charge in [0, 0.05) is 11.8 Å². The minimum atomic E-state index is -1.06. The van der Waals surface area contributed by atoms with Gasteiger partial charge in [0.1, 0.15) is 12.4 Å². The van der Waals surface area contributed by atoms with Crippen LogP contribution in [0, 0.1) is 11.3 Å². The number of hydrogen-bond acceptors (Lipinski definition) is 6. The van der Waals surface area contributed by atoms with Crippen LogP contribution in [0.4, 0.5) is 0 Å². The van der Waals surface area contributed by atoms with Crippen molar-refractivity contribution < 1.29 is 19.4 Å². The second kappa shape index (κ2) is 9.45. The van der Waals surface area contributed by atoms with Crippen molar-refractivity contribution in [2.24, 2.45) is 11.3 Å². The van der Waals surface area contributed by atoms with E-state index in [1.165, 1.54) is 9.36 Å². The number of aliphatic hydroxyl groups is 1. The first-order valence-corrected chi connectivity index (χ1v) is 13.5. The maximum absolute atomic E-state index is 14.0. The van der Waals surface area contributed by atoms with Gasteiger partial charge in [-0.2, -0.15) is 0 Å². The van der Waals surface area contributed by atoms with Crippen LogP contribution in [0.2, 0.25) is 0 Å². The first-order chi connectivity index (χ1) is 19.2. The Kier molecular flexibility index (Phi) is 6.14. The molecule has 1 aromatic heterocycles. The van der Waals surface area contributed by atoms with E-state index in [4.69, 9.17) is 9.84 Å². The van der Waals surface area contributed by atoms with Crippen molar-refractivity contribution in [1.82, 2.24) is 13.9 Å². The van der Waals surface area contributed by atoms with E-state index in [0.717, 1.165) is 15.7 Å². The number of para-hydroxylation sites is 1. The van der Waals surface area contributed by atoms with Gasteiger partial charge in [-0.05, 0) is 66.8 Å². The smallest absolute Gasteiger partial charge is 0.352 e. The summed E-state index contributed by atoms with van der Waals surface area (Å²) in [5.41, 5.74) is 1.08. The first kappa shape index (κ1) is 26.0. The Hall–Kier alpha value is -4.24. The summed E-state index contributed by atoms with van der Waals surface area (Å²) in [6, 6.07) is 15.5. The van der Waals surface area contributed by atoms with E-state index in [2.05, 4.69) is 0 Å². The molecule has 6 rings (SSSR count). The zero-order valence-electron chi connectivity index (χ0n) is 22.7. The molecule has 1 aliphatic heterocycles. The fourth-order valence-electron chi connectivity index (χ4n) is 6.94. The SMILES string of the molecule is CC1=C(C)C(=O)[C@@]2(C)[C@@H](c3ccc(OCCO)cc3)C3=CCn4c(=O)n(-c5ccccc5)c(=O)n4[C@@H]3C[C@H]2C1=O. The number of rotatable bonds is 5. The molecule has 2 aromatic carbocycles. The van der Waals surface area contributed by atoms with Crippen LogP contribution in [0.1, 0.15) is 44.7 Å². The number of hydrogen-bond donors (Lipinski definition) is 1. The highest BCUT2D eigenvalue weighted by Crippen LogP contribution is 2.60. The molecule has 0 saturated heterocycles. The van der Waals surface area contributed by atoms with Crippen LogP contribution in [0.5, 0.6) is 5.75 Å². The Bertz CT molecular complexity index is 1710. The number of benzene rings is 2. The molecule has 0 amide bonds. The molecular formula is C31H31N3O6. The number of carbonyl (C=O) groups excluding carboxylic acids is 2. The Morgan fingerprint density at radius 2 is 1.65 bits per heavy atom. The number of aromatic nitrogens is 3. The third kappa shape index (κ3) is 3.57. The predicted molar refractivity (Wildman–Crippen MR) is 148 cm³/mol. The van der Waals surface area contributed by atoms with Crippen molar-refractivity contribution in [3.8, 4) is 11.4 Å². The maximum Gasteiger partial charge on any atom is 0.352 e. The van der Waals surface area contributed by atoms with Crippen molar-refractivity contribution >= 4 is 11.6 Å². The van der Waals surface area contributed by atoms with Crippen LogP contribution < -0.4 is 16.1 Å². The molecule has 4 atom stereocenters. The van der Waals surface area contributed by atoms with E-state index in [1.54, 1.807) is 50.2 Å². The lowest BCUT2D eigenvalue weighted by atomic mass is 9.50. The zero-order valence-corrected chi connectivity index (χ0v) is 22.7. The van der Waals surface area contributed by atoms with Crippen LogP contribution in [0.15, 0.2) is 87.0 Å². The molecule has 206 valence electrons. The molecule has 2 aliphatic carbocycles. The largest absolute Gasteiger partial charge is 0.491 e. The quantitative estimate of drug-likeness (QED) is 0.497. The number of ether oxygens (including phenoxy) is 1. The fraction of sp³-hybridized carbons (Fsp3) is 0.355. The average Bonchev–Trinajstić information content (AvgIpc) is 3.23. The number of ketones is 2. The molecular weight excluding hydrogens is 510 g/mol. The highest BCUT2D eigenvalue weighted by atomic mass is 16.5. The summed E-state index contributed by atoms with van der Waals surface area (Å²) >= 11 is 0. The number of allylic oxidation sites excluding steroid dienone is 4. The maximum atomic E-state index is 14.0. The average molecular weight is 542 g/mol. The molecule has 3 aliphatic rings. The van der Waals surface area contributed by atoms with Crippen LogP contribution in [0.25, 0.3) is 5.69 Å². The van der Waals surface area contributed by atoms with E-state index in [0.29, 0.717) is 22.6 Å². The van der Waals surface area contributed by atoms with Gasteiger partial charge in [0.2, 0.25) is 0 Å². The van der Waals surface area contributed by atoms with Crippen molar-refractivity contribution in [2.75, 3.05) is 13.2 Å². The van der Waals surface area contributed by atoms with Gasteiger partial charge in [-0.25, -0.2) is 23.5 Å². The van der Waals surface area contributed by atoms with Crippen molar-refractivity contribution in [1.29, 1.82) is 0 Å². The minimum Gasteiger partial charge on any atom is -0.491 e. The monoisotopic (exact) mass is 541 g/mol. The lowest BCUT2D eigenvalue weighted by Gasteiger charge is -2.53. The van der Waals surface area contributed by atoms with Gasteiger partial charge < -0.3 is 9.84 Å². The van der Waals surface area contributed by atoms with E-state index < -0.39 is 34.7 Å². The summed E-state index contributed by atoms with van der Waals surface area (Å²) < 4.78 is 9.62. The highest BCUT2D eigenvalue weighted by molar-refractivity contribution is 6.15. The third-order valence-electron chi connectivity index (χ3n) is 9.02. The number of nitrogens with zero attached hydrogens (tertiary/aromatic N) is 3. The normalized spacial score (nSPS) is 25.7. The zero-order chi connectivity index (χ0) is 28.3. The number of Topliss-reactive ketones (excluding diaryl/α,β-unsaturated/α-hetero) is 2. The Morgan fingerprint density at radius 1 is 0.950 bits per heavy atom. The molecule has 0 unspecified atom stereocenters. The Labute approximate surface area is 230 Å². The van der Waals surface area contributed by atoms with Gasteiger partial charge in [0.05, 0.1) is 30.3 Å². The van der Waals surface area contributed by atoms with Crippen molar-refractivity contribution in [3.05, 3.63) is 104 Å². The summed E-state index contributed by atoms with van der Waals surface area (Å²) in [6.45, 7) is 5.49. The Morgan fingerprint density at radius 3 is 2.33 bits per heavy atom. The van der Waals surface area contributed by atoms with Crippen molar-refractivity contribution in [2.45, 2.75) is 45.7 Å². The lowest BCUT2D eigenvalue weighted by molar-refractivity contribution is -0.140. The van der Waals surface area contributed by atoms with Gasteiger partial charge in [-0.15, -0.1) is 0 Å². The van der Waals surface area contributed by atoms with E-state index in [1.807, 2.05) is 31.2 Å². The molecule has 0 bridgehead atoms. The molecule has 9 nitrogen and oxygen atoms in total. The summed E-state index contributed by atoms with van der Waals surface area (Å²) in [5.74, 6) is -0.765. The molecule has 9 heteroatoms. The van der Waals surface area contributed by atoms with Crippen molar-refractivity contribution in [3.63, 3.8) is 0 Å². The van der Waals surface area contributed by atoms with Gasteiger partial charge in [-0.3, -0.25) is 9.59 Å². The van der Waals surface area contributed by atoms with Gasteiger partial charge in [0.25, 0.3) is 0 Å². The predicted octanol–water partition coefficient (Wildman–Crippen LogP) is 2.95. The highest BCUT2D eigenvalue weighted by Gasteiger charge is 2.60. The van der Waals surface area contributed by atoms with Crippen LogP contribution in [-0.2, 0) is 16.1 Å². The van der Waals surface area contributed by atoms with Crippen LogP contribution >= 0.6 is 0 Å². The second-order valence-corrected chi connectivity index (χ2v) is 11.0. The second-order valence-electron chi connectivity index (χ2n) is 11.0. The standard InChI is InChI=1S/C31H31N3O6/c1-18-19(2)28(37)31(3)24(27(18)36)17-25-23(26(31)20-9-11-22(12-10-20)40-16-15-35)13-14-32-29(38)33(30(39)34(25)32)21-7-5-4-6-8-21/h4-13,24-26,35H,14-17H2,1-3H3/t24-,25+,26-,31+/m0/s1. The summed E-state index contributed by atoms with van der Waals surface area (Å²) in [6.07, 6.45) is 2.19. The molecule has 3 aromatic rings. The van der Waals surface area contributed by atoms with Crippen LogP contribution in [-0.4, -0.2) is 43.8 Å². The van der Waals surface area contributed by atoms with E-state index >= 15 is 0 Å². The Balaban J connectivity index is 1.55. The number of fused-ring (bicyclic) bond motifs is 4. The van der Waals surface area contributed by atoms with E-state index in [9.17, 15) is 19.2 Å². The van der Waals surface area contributed by atoms with Crippen LogP contribution in [0.3, 0.4) is 0 Å². The molecule has 1 fully saturated rings. The molecule has 0 spiro atoms. The number of carbonyl (C=O) groups is 2. The first-order valence-electron chi connectivity index (χ1n) is 13.5. The molecule has 40 heavy (non-hydrogen) atoms. The molecule has 2 heterocycles. The minimum absolute atomic E-state index is 0.0725. The molecule has 0 radical (unpaired) electrons. The van der Waals surface area contributed by atoms with E-state index in [-0.39, 0.29) is 37.7 Å². The molecule has 1 N–H and O–H groups in total. The summed E-state index contributed by atoms with van der Waals surface area (Å²) in [7, 11) is 0. The topological polar surface area (TPSA) is 113 Å². The fourth-order valence-corrected chi connectivity index (χ4v) is 6.94. The summed E-state index contributed by atoms with van der Waals surface area (Å²) in [4.78, 5) is 55.2. The number of aliphatic hydroxyl groups excluding tert-OH is 1. The van der Waals surface area contributed by atoms with Gasteiger partial charge in [-0.1, -0.05) is 43.3 Å². The third-order valence-corrected chi connectivity index (χ3v) is 9.02.